The molecule has 1 amide bonds. The summed E-state index contributed by atoms with van der Waals surface area (Å²) < 4.78 is 41.3. The number of amides is 1. The van der Waals surface area contributed by atoms with Crippen molar-refractivity contribution in [3.05, 3.63) is 94.7 Å². The molecule has 0 radical (unpaired) electrons. The Hall–Kier alpha value is -3.04. The molecule has 0 fully saturated rings. The maximum atomic E-state index is 13.3. The fourth-order valence-corrected chi connectivity index (χ4v) is 4.24. The van der Waals surface area contributed by atoms with Crippen molar-refractivity contribution in [2.75, 3.05) is 10.8 Å². The molecule has 3 aromatic rings. The number of carbonyl (C=O) groups excluding carboxylic acids is 1. The van der Waals surface area contributed by atoms with Crippen molar-refractivity contribution in [1.29, 1.82) is 0 Å². The second-order valence-corrected chi connectivity index (χ2v) is 8.92. The van der Waals surface area contributed by atoms with Gasteiger partial charge in [0.1, 0.15) is 12.4 Å². The Bertz CT molecular complexity index is 1140. The molecule has 0 aliphatic rings. The van der Waals surface area contributed by atoms with E-state index in [9.17, 15) is 17.6 Å². The number of nitrogens with zero attached hydrogens (tertiary/aromatic N) is 2. The van der Waals surface area contributed by atoms with Gasteiger partial charge in [-0.05, 0) is 54.1 Å². The maximum absolute atomic E-state index is 13.3. The van der Waals surface area contributed by atoms with E-state index in [1.807, 2.05) is 12.1 Å². The fourth-order valence-electron chi connectivity index (χ4n) is 2.54. The zero-order valence-electron chi connectivity index (χ0n) is 15.6. The largest absolute Gasteiger partial charge is 0.271 e. The summed E-state index contributed by atoms with van der Waals surface area (Å²) in [7, 11) is -4.05. The van der Waals surface area contributed by atoms with E-state index in [2.05, 4.69) is 26.5 Å². The van der Waals surface area contributed by atoms with Crippen LogP contribution in [0.5, 0.6) is 0 Å². The standard InChI is InChI=1S/C21H17BrFN3O3S/c22-17-8-6-16(7-9-17)14-24-25-21(27)15-26(19-12-10-18(23)11-13-19)30(28,29)20-4-2-1-3-5-20/h1-14H,15H2,(H,25,27)/b24-14-. The van der Waals surface area contributed by atoms with E-state index in [1.165, 1.54) is 30.5 Å². The van der Waals surface area contributed by atoms with Crippen LogP contribution >= 0.6 is 15.9 Å². The van der Waals surface area contributed by atoms with Gasteiger partial charge in [0.2, 0.25) is 0 Å². The first-order chi connectivity index (χ1) is 14.4. The van der Waals surface area contributed by atoms with Gasteiger partial charge in [-0.15, -0.1) is 0 Å². The second kappa shape index (κ2) is 9.64. The highest BCUT2D eigenvalue weighted by molar-refractivity contribution is 9.10. The molecule has 0 heterocycles. The van der Waals surface area contributed by atoms with E-state index in [0.29, 0.717) is 0 Å². The molecule has 1 N–H and O–H groups in total. The normalized spacial score (nSPS) is 11.4. The van der Waals surface area contributed by atoms with Crippen LogP contribution < -0.4 is 9.73 Å². The molecule has 0 spiro atoms. The van der Waals surface area contributed by atoms with Crippen LogP contribution in [0.15, 0.2) is 93.3 Å². The number of hydrogen-bond acceptors (Lipinski definition) is 4. The number of rotatable bonds is 7. The minimum atomic E-state index is -4.05. The van der Waals surface area contributed by atoms with Crippen molar-refractivity contribution in [2.24, 2.45) is 5.10 Å². The zero-order chi connectivity index (χ0) is 21.6. The number of nitrogens with one attached hydrogen (secondary N) is 1. The van der Waals surface area contributed by atoms with Crippen LogP contribution in [0.25, 0.3) is 0 Å². The van der Waals surface area contributed by atoms with Crippen molar-refractivity contribution in [2.45, 2.75) is 4.90 Å². The van der Waals surface area contributed by atoms with Gasteiger partial charge in [0, 0.05) is 4.47 Å². The molecule has 0 aromatic heterocycles. The summed E-state index contributed by atoms with van der Waals surface area (Å²) in [5.41, 5.74) is 3.23. The highest BCUT2D eigenvalue weighted by Crippen LogP contribution is 2.23. The molecular weight excluding hydrogens is 473 g/mol. The molecule has 154 valence electrons. The smallest absolute Gasteiger partial charge is 0.264 e. The van der Waals surface area contributed by atoms with Crippen molar-refractivity contribution >= 4 is 43.8 Å². The Balaban J connectivity index is 1.81. The minimum Gasteiger partial charge on any atom is -0.271 e. The highest BCUT2D eigenvalue weighted by Gasteiger charge is 2.27. The van der Waals surface area contributed by atoms with Gasteiger partial charge < -0.3 is 0 Å². The molecule has 0 aliphatic heterocycles. The number of benzene rings is 3. The van der Waals surface area contributed by atoms with Gasteiger partial charge in [-0.3, -0.25) is 9.10 Å². The molecule has 30 heavy (non-hydrogen) atoms. The third kappa shape index (κ3) is 5.52. The van der Waals surface area contributed by atoms with Crippen molar-refractivity contribution in [3.8, 4) is 0 Å². The van der Waals surface area contributed by atoms with Crippen LogP contribution in [0.2, 0.25) is 0 Å². The third-order valence-electron chi connectivity index (χ3n) is 4.01. The predicted molar refractivity (Wildman–Crippen MR) is 117 cm³/mol. The average molecular weight is 490 g/mol. The Labute approximate surface area is 182 Å². The second-order valence-electron chi connectivity index (χ2n) is 6.15. The van der Waals surface area contributed by atoms with Gasteiger partial charge in [-0.1, -0.05) is 46.3 Å². The predicted octanol–water partition coefficient (Wildman–Crippen LogP) is 3.93. The SMILES string of the molecule is O=C(CN(c1ccc(F)cc1)S(=O)(=O)c1ccccc1)N/N=C\c1ccc(Br)cc1. The van der Waals surface area contributed by atoms with Crippen LogP contribution in [-0.2, 0) is 14.8 Å². The van der Waals surface area contributed by atoms with Crippen LogP contribution in [0, 0.1) is 5.82 Å². The van der Waals surface area contributed by atoms with Crippen molar-refractivity contribution in [1.82, 2.24) is 5.43 Å². The lowest BCUT2D eigenvalue weighted by molar-refractivity contribution is -0.119. The molecule has 6 nitrogen and oxygen atoms in total. The van der Waals surface area contributed by atoms with Gasteiger partial charge in [0.25, 0.3) is 15.9 Å². The molecule has 0 atom stereocenters. The van der Waals surface area contributed by atoms with Crippen LogP contribution in [0.3, 0.4) is 0 Å². The van der Waals surface area contributed by atoms with E-state index in [0.717, 1.165) is 26.5 Å². The summed E-state index contributed by atoms with van der Waals surface area (Å²) in [5, 5.41) is 3.87. The Kier molecular flexibility index (Phi) is 6.96. The Morgan fingerprint density at radius 3 is 2.27 bits per heavy atom. The van der Waals surface area contributed by atoms with Crippen molar-refractivity contribution < 1.29 is 17.6 Å². The number of anilines is 1. The first kappa shape index (κ1) is 21.7. The maximum Gasteiger partial charge on any atom is 0.264 e. The number of sulfonamides is 1. The lowest BCUT2D eigenvalue weighted by Gasteiger charge is -2.23. The fraction of sp³-hybridized carbons (Fsp3) is 0.0476. The quantitative estimate of drug-likeness (QED) is 0.403. The number of halogens is 2. The van der Waals surface area contributed by atoms with Crippen LogP contribution in [0.4, 0.5) is 10.1 Å². The van der Waals surface area contributed by atoms with Gasteiger partial charge in [-0.2, -0.15) is 5.10 Å². The molecule has 0 bridgehead atoms. The lowest BCUT2D eigenvalue weighted by Crippen LogP contribution is -2.39. The van der Waals surface area contributed by atoms with E-state index < -0.39 is 28.3 Å². The molecule has 3 rings (SSSR count). The Morgan fingerprint density at radius 2 is 1.63 bits per heavy atom. The molecule has 0 aliphatic carbocycles. The summed E-state index contributed by atoms with van der Waals surface area (Å²) in [4.78, 5) is 12.4. The number of hydrazone groups is 1. The molecule has 0 saturated carbocycles. The monoisotopic (exact) mass is 489 g/mol. The molecule has 9 heteroatoms. The highest BCUT2D eigenvalue weighted by atomic mass is 79.9. The summed E-state index contributed by atoms with van der Waals surface area (Å²) in [6.45, 7) is -0.527. The third-order valence-corrected chi connectivity index (χ3v) is 6.32. The average Bonchev–Trinajstić information content (AvgIpc) is 2.75. The molecule has 3 aromatic carbocycles. The molecular formula is C21H17BrFN3O3S. The summed E-state index contributed by atoms with van der Waals surface area (Å²) in [6.07, 6.45) is 1.44. The van der Waals surface area contributed by atoms with E-state index in [-0.39, 0.29) is 10.6 Å². The summed E-state index contributed by atoms with van der Waals surface area (Å²) in [6, 6.07) is 19.8. The van der Waals surface area contributed by atoms with Gasteiger partial charge in [0.05, 0.1) is 16.8 Å². The van der Waals surface area contributed by atoms with Crippen LogP contribution in [0.1, 0.15) is 5.56 Å². The van der Waals surface area contributed by atoms with E-state index in [1.54, 1.807) is 30.3 Å². The summed E-state index contributed by atoms with van der Waals surface area (Å²) >= 11 is 3.33. The first-order valence-corrected chi connectivity index (χ1v) is 11.0. The van der Waals surface area contributed by atoms with Gasteiger partial charge in [-0.25, -0.2) is 18.2 Å². The number of carbonyl (C=O) groups is 1. The zero-order valence-corrected chi connectivity index (χ0v) is 18.0. The number of hydrogen-bond donors (Lipinski definition) is 1. The van der Waals surface area contributed by atoms with Gasteiger partial charge in [0.15, 0.2) is 0 Å². The Morgan fingerprint density at radius 1 is 1.00 bits per heavy atom. The minimum absolute atomic E-state index is 0.0143. The topological polar surface area (TPSA) is 78.8 Å². The lowest BCUT2D eigenvalue weighted by atomic mass is 10.2. The first-order valence-electron chi connectivity index (χ1n) is 8.77. The van der Waals surface area contributed by atoms with Crippen molar-refractivity contribution in [3.63, 3.8) is 0 Å². The van der Waals surface area contributed by atoms with Gasteiger partial charge >= 0.3 is 0 Å². The van der Waals surface area contributed by atoms with Crippen LogP contribution in [-0.4, -0.2) is 27.1 Å². The van der Waals surface area contributed by atoms with E-state index in [4.69, 9.17) is 0 Å². The van der Waals surface area contributed by atoms with E-state index >= 15 is 0 Å². The molecule has 0 saturated heterocycles. The summed E-state index contributed by atoms with van der Waals surface area (Å²) in [5.74, 6) is -1.16. The molecule has 0 unspecified atom stereocenters.